The van der Waals surface area contributed by atoms with E-state index in [-0.39, 0.29) is 6.10 Å². The molecule has 0 N–H and O–H groups in total. The Kier molecular flexibility index (Phi) is 2.98. The van der Waals surface area contributed by atoms with E-state index in [4.69, 9.17) is 16.3 Å². The van der Waals surface area contributed by atoms with Gasteiger partial charge in [0.2, 0.25) is 0 Å². The van der Waals surface area contributed by atoms with Crippen LogP contribution in [0.4, 0.5) is 4.79 Å². The van der Waals surface area contributed by atoms with Crippen molar-refractivity contribution in [1.82, 2.24) is 4.90 Å². The van der Waals surface area contributed by atoms with Crippen molar-refractivity contribution in [2.75, 3.05) is 7.05 Å². The van der Waals surface area contributed by atoms with Crippen molar-refractivity contribution >= 4 is 17.0 Å². The molecule has 3 nitrogen and oxygen atoms in total. The van der Waals surface area contributed by atoms with E-state index in [0.717, 1.165) is 12.8 Å². The summed E-state index contributed by atoms with van der Waals surface area (Å²) in [6.45, 7) is 0. The van der Waals surface area contributed by atoms with Crippen LogP contribution in [0.2, 0.25) is 0 Å². The molecule has 0 radical (unpaired) electrons. The van der Waals surface area contributed by atoms with Gasteiger partial charge in [-0.2, -0.15) is 0 Å². The minimum atomic E-state index is -0.655. The third-order valence-corrected chi connectivity index (χ3v) is 3.64. The number of nitrogens with zero attached hydrogens (tertiary/aromatic N) is 1. The van der Waals surface area contributed by atoms with Gasteiger partial charge in [0, 0.05) is 36.5 Å². The van der Waals surface area contributed by atoms with Gasteiger partial charge in [-0.25, -0.2) is 4.79 Å². The molecule has 3 atom stereocenters. The lowest BCUT2D eigenvalue weighted by molar-refractivity contribution is -0.0133. The summed E-state index contributed by atoms with van der Waals surface area (Å²) in [7, 11) is 2.17. The molecule has 0 amide bonds. The number of carbonyl (C=O) groups excluding carboxylic acids is 1. The van der Waals surface area contributed by atoms with Crippen LogP contribution in [0, 0.1) is 0 Å². The topological polar surface area (TPSA) is 29.5 Å². The predicted molar refractivity (Wildman–Crippen MR) is 54.5 cm³/mol. The number of hydrogen-bond donors (Lipinski definition) is 0. The molecule has 4 heteroatoms. The molecule has 14 heavy (non-hydrogen) atoms. The van der Waals surface area contributed by atoms with Crippen molar-refractivity contribution in [2.45, 2.75) is 50.3 Å². The maximum Gasteiger partial charge on any atom is 0.404 e. The number of ether oxygens (including phenoxy) is 1. The molecule has 1 unspecified atom stereocenters. The van der Waals surface area contributed by atoms with Crippen molar-refractivity contribution in [3.8, 4) is 0 Å². The average molecular weight is 218 g/mol. The number of piperidine rings is 2. The highest BCUT2D eigenvalue weighted by atomic mass is 35.5. The Balaban J connectivity index is 1.97. The summed E-state index contributed by atoms with van der Waals surface area (Å²) in [5, 5.41) is 0. The summed E-state index contributed by atoms with van der Waals surface area (Å²) in [4.78, 5) is 13.1. The second kappa shape index (κ2) is 4.07. The zero-order chi connectivity index (χ0) is 10.1. The Bertz CT molecular complexity index is 220. The van der Waals surface area contributed by atoms with Crippen molar-refractivity contribution < 1.29 is 9.53 Å². The average Bonchev–Trinajstić information content (AvgIpc) is 2.05. The van der Waals surface area contributed by atoms with Gasteiger partial charge in [0.05, 0.1) is 0 Å². The van der Waals surface area contributed by atoms with Gasteiger partial charge in [0.1, 0.15) is 6.10 Å². The lowest BCUT2D eigenvalue weighted by Gasteiger charge is -2.46. The highest BCUT2D eigenvalue weighted by Gasteiger charge is 2.37. The minimum absolute atomic E-state index is 0.0477. The second-order valence-electron chi connectivity index (χ2n) is 4.35. The van der Waals surface area contributed by atoms with Gasteiger partial charge >= 0.3 is 5.43 Å². The van der Waals surface area contributed by atoms with E-state index in [9.17, 15) is 4.79 Å². The number of rotatable bonds is 1. The Morgan fingerprint density at radius 3 is 2.43 bits per heavy atom. The van der Waals surface area contributed by atoms with E-state index < -0.39 is 5.43 Å². The van der Waals surface area contributed by atoms with Gasteiger partial charge in [-0.1, -0.05) is 6.42 Å². The van der Waals surface area contributed by atoms with Crippen LogP contribution in [0.3, 0.4) is 0 Å². The fourth-order valence-electron chi connectivity index (χ4n) is 2.79. The predicted octanol–water partition coefficient (Wildman–Crippen LogP) is 2.38. The normalized spacial score (nSPS) is 38.0. The van der Waals surface area contributed by atoms with E-state index in [0.29, 0.717) is 12.1 Å². The molecule has 0 spiro atoms. The first-order valence-electron chi connectivity index (χ1n) is 5.25. The van der Waals surface area contributed by atoms with Gasteiger partial charge in [-0.15, -0.1) is 0 Å². The van der Waals surface area contributed by atoms with E-state index in [1.807, 2.05) is 0 Å². The maximum absolute atomic E-state index is 10.6. The molecule has 2 saturated heterocycles. The third-order valence-electron chi connectivity index (χ3n) is 3.56. The molecule has 2 aliphatic rings. The van der Waals surface area contributed by atoms with Crippen LogP contribution in [0.1, 0.15) is 32.1 Å². The van der Waals surface area contributed by atoms with Crippen LogP contribution < -0.4 is 0 Å². The summed E-state index contributed by atoms with van der Waals surface area (Å²) in [5.74, 6) is 0. The number of carbonyl (C=O) groups is 1. The minimum Gasteiger partial charge on any atom is -0.450 e. The van der Waals surface area contributed by atoms with Crippen molar-refractivity contribution in [3.05, 3.63) is 0 Å². The van der Waals surface area contributed by atoms with E-state index in [2.05, 4.69) is 11.9 Å². The Morgan fingerprint density at radius 2 is 1.93 bits per heavy atom. The zero-order valence-corrected chi connectivity index (χ0v) is 9.17. The standard InChI is InChI=1S/C10H16ClNO2/c1-12-7-3-2-4-8(12)6-9(5-7)14-10(11)13/h7-9H,2-6H2,1H3/t7-,8+,9?. The van der Waals surface area contributed by atoms with E-state index in [1.54, 1.807) is 0 Å². The highest BCUT2D eigenvalue weighted by Crippen LogP contribution is 2.33. The van der Waals surface area contributed by atoms with Crippen molar-refractivity contribution in [2.24, 2.45) is 0 Å². The number of halogens is 1. The quantitative estimate of drug-likeness (QED) is 0.632. The molecule has 0 aromatic carbocycles. The van der Waals surface area contributed by atoms with Gasteiger partial charge in [0.25, 0.3) is 0 Å². The molecule has 0 saturated carbocycles. The summed E-state index contributed by atoms with van der Waals surface area (Å²) in [6, 6.07) is 1.17. The zero-order valence-electron chi connectivity index (χ0n) is 8.41. The van der Waals surface area contributed by atoms with Crippen LogP contribution in [0.15, 0.2) is 0 Å². The Hall–Kier alpha value is -0.280. The van der Waals surface area contributed by atoms with Gasteiger partial charge in [0.15, 0.2) is 0 Å². The molecule has 2 fully saturated rings. The largest absolute Gasteiger partial charge is 0.450 e. The third kappa shape index (κ3) is 2.04. The molecular formula is C10H16ClNO2. The fourth-order valence-corrected chi connectivity index (χ4v) is 2.92. The lowest BCUT2D eigenvalue weighted by atomic mass is 9.83. The highest BCUT2D eigenvalue weighted by molar-refractivity contribution is 6.61. The molecule has 80 valence electrons. The monoisotopic (exact) mass is 217 g/mol. The summed E-state index contributed by atoms with van der Waals surface area (Å²) in [6.07, 6.45) is 5.71. The lowest BCUT2D eigenvalue weighted by Crippen LogP contribution is -2.51. The van der Waals surface area contributed by atoms with Gasteiger partial charge in [-0.3, -0.25) is 0 Å². The number of hydrogen-bond acceptors (Lipinski definition) is 3. The maximum atomic E-state index is 10.6. The first-order chi connectivity index (χ1) is 6.66. The summed E-state index contributed by atoms with van der Waals surface area (Å²) >= 11 is 5.23. The molecule has 0 aromatic rings. The van der Waals surface area contributed by atoms with Crippen LogP contribution in [-0.4, -0.2) is 35.6 Å². The molecule has 0 aromatic heterocycles. The van der Waals surface area contributed by atoms with Gasteiger partial charge < -0.3 is 9.64 Å². The van der Waals surface area contributed by atoms with Crippen molar-refractivity contribution in [3.63, 3.8) is 0 Å². The fraction of sp³-hybridized carbons (Fsp3) is 0.900. The molecule has 0 aliphatic carbocycles. The van der Waals surface area contributed by atoms with Crippen LogP contribution in [0.5, 0.6) is 0 Å². The van der Waals surface area contributed by atoms with Gasteiger partial charge in [-0.05, 0) is 19.9 Å². The Labute approximate surface area is 89.4 Å². The smallest absolute Gasteiger partial charge is 0.404 e. The van der Waals surface area contributed by atoms with E-state index >= 15 is 0 Å². The van der Waals surface area contributed by atoms with Crippen LogP contribution in [0.25, 0.3) is 0 Å². The molecule has 2 aliphatic heterocycles. The molecule has 2 rings (SSSR count). The van der Waals surface area contributed by atoms with E-state index in [1.165, 1.54) is 19.3 Å². The SMILES string of the molecule is CN1[C@@H]2CCC[C@H]1CC(OC(=O)Cl)C2. The summed E-state index contributed by atoms with van der Waals surface area (Å²) < 4.78 is 5.08. The molecule has 2 heterocycles. The van der Waals surface area contributed by atoms with Crippen LogP contribution >= 0.6 is 11.6 Å². The summed E-state index contributed by atoms with van der Waals surface area (Å²) in [5.41, 5.74) is -0.655. The van der Waals surface area contributed by atoms with Crippen LogP contribution in [-0.2, 0) is 4.74 Å². The molecular weight excluding hydrogens is 202 g/mol. The number of fused-ring (bicyclic) bond motifs is 2. The Morgan fingerprint density at radius 1 is 1.36 bits per heavy atom. The first kappa shape index (κ1) is 10.2. The second-order valence-corrected chi connectivity index (χ2v) is 4.66. The molecule has 2 bridgehead atoms. The first-order valence-corrected chi connectivity index (χ1v) is 5.62. The van der Waals surface area contributed by atoms with Crippen molar-refractivity contribution in [1.29, 1.82) is 0 Å².